The van der Waals surface area contributed by atoms with Crippen molar-refractivity contribution in [3.05, 3.63) is 65.6 Å². The summed E-state index contributed by atoms with van der Waals surface area (Å²) in [5.41, 5.74) is 3.20. The standard InChI is InChI=1S/C21H23N5O2/c1-15-11-23-19-18(12-24-26(19)13-15)21(28)25-10-8-17(14-25)20(27)22-9-7-16-5-3-2-4-6-16/h2-6,11-13,17H,7-10,14H2,1H3,(H,22,27)/t17-/m0/s1. The first kappa shape index (κ1) is 18.2. The summed E-state index contributed by atoms with van der Waals surface area (Å²) in [4.78, 5) is 31.4. The van der Waals surface area contributed by atoms with Crippen molar-refractivity contribution in [3.63, 3.8) is 0 Å². The normalized spacial score (nSPS) is 16.5. The van der Waals surface area contributed by atoms with Gasteiger partial charge in [-0.15, -0.1) is 0 Å². The van der Waals surface area contributed by atoms with Gasteiger partial charge in [-0.1, -0.05) is 30.3 Å². The zero-order valence-electron chi connectivity index (χ0n) is 15.8. The SMILES string of the molecule is Cc1cnc2c(C(=O)N3CC[C@H](C(=O)NCCc4ccccc4)C3)cnn2c1. The van der Waals surface area contributed by atoms with Crippen LogP contribution in [0.25, 0.3) is 5.65 Å². The maximum Gasteiger partial charge on any atom is 0.259 e. The fourth-order valence-electron chi connectivity index (χ4n) is 3.57. The molecule has 1 aliphatic rings. The molecule has 1 aromatic carbocycles. The maximum atomic E-state index is 12.9. The summed E-state index contributed by atoms with van der Waals surface area (Å²) in [6.45, 7) is 3.53. The molecule has 3 aromatic rings. The Kier molecular flexibility index (Phi) is 5.06. The van der Waals surface area contributed by atoms with Gasteiger partial charge >= 0.3 is 0 Å². The number of amides is 2. The van der Waals surface area contributed by atoms with Crippen LogP contribution in [0.2, 0.25) is 0 Å². The number of fused-ring (bicyclic) bond motifs is 1. The smallest absolute Gasteiger partial charge is 0.259 e. The Morgan fingerprint density at radius 1 is 1.21 bits per heavy atom. The van der Waals surface area contributed by atoms with Crippen molar-refractivity contribution in [3.8, 4) is 0 Å². The van der Waals surface area contributed by atoms with Gasteiger partial charge in [0, 0.05) is 32.0 Å². The first-order valence-corrected chi connectivity index (χ1v) is 9.53. The molecular weight excluding hydrogens is 354 g/mol. The number of rotatable bonds is 5. The minimum atomic E-state index is -0.170. The molecule has 1 fully saturated rings. The highest BCUT2D eigenvalue weighted by Gasteiger charge is 2.32. The number of nitrogens with zero attached hydrogens (tertiary/aromatic N) is 4. The first-order chi connectivity index (χ1) is 13.6. The summed E-state index contributed by atoms with van der Waals surface area (Å²) in [7, 11) is 0. The van der Waals surface area contributed by atoms with E-state index in [4.69, 9.17) is 0 Å². The summed E-state index contributed by atoms with van der Waals surface area (Å²) in [5, 5.41) is 7.22. The van der Waals surface area contributed by atoms with Crippen molar-refractivity contribution in [1.29, 1.82) is 0 Å². The van der Waals surface area contributed by atoms with Crippen molar-refractivity contribution in [2.75, 3.05) is 19.6 Å². The lowest BCUT2D eigenvalue weighted by atomic mass is 10.1. The van der Waals surface area contributed by atoms with Crippen LogP contribution in [0, 0.1) is 12.8 Å². The number of benzene rings is 1. The monoisotopic (exact) mass is 377 g/mol. The fourth-order valence-corrected chi connectivity index (χ4v) is 3.57. The molecule has 0 aliphatic carbocycles. The third-order valence-electron chi connectivity index (χ3n) is 5.12. The third kappa shape index (κ3) is 3.74. The molecule has 0 radical (unpaired) electrons. The van der Waals surface area contributed by atoms with Crippen LogP contribution < -0.4 is 5.32 Å². The molecule has 0 spiro atoms. The molecule has 1 aliphatic heterocycles. The Balaban J connectivity index is 1.34. The van der Waals surface area contributed by atoms with E-state index in [1.54, 1.807) is 21.8 Å². The van der Waals surface area contributed by atoms with Gasteiger partial charge in [-0.2, -0.15) is 5.10 Å². The van der Waals surface area contributed by atoms with Crippen LogP contribution in [-0.2, 0) is 11.2 Å². The van der Waals surface area contributed by atoms with Crippen molar-refractivity contribution < 1.29 is 9.59 Å². The van der Waals surface area contributed by atoms with Crippen LogP contribution in [0.5, 0.6) is 0 Å². The van der Waals surface area contributed by atoms with E-state index in [0.717, 1.165) is 12.0 Å². The van der Waals surface area contributed by atoms with Gasteiger partial charge in [0.15, 0.2) is 5.65 Å². The molecule has 2 amide bonds. The predicted octanol–water partition coefficient (Wildman–Crippen LogP) is 1.86. The second-order valence-corrected chi connectivity index (χ2v) is 7.22. The number of carbonyl (C=O) groups is 2. The topological polar surface area (TPSA) is 79.6 Å². The highest BCUT2D eigenvalue weighted by atomic mass is 16.2. The Bertz CT molecular complexity index is 998. The molecule has 7 heteroatoms. The molecule has 0 saturated carbocycles. The Morgan fingerprint density at radius 2 is 2.04 bits per heavy atom. The minimum absolute atomic E-state index is 0.0137. The van der Waals surface area contributed by atoms with E-state index in [2.05, 4.69) is 15.4 Å². The molecule has 2 aromatic heterocycles. The van der Waals surface area contributed by atoms with Gasteiger partial charge in [-0.3, -0.25) is 9.59 Å². The van der Waals surface area contributed by atoms with E-state index in [9.17, 15) is 9.59 Å². The Labute approximate surface area is 163 Å². The summed E-state index contributed by atoms with van der Waals surface area (Å²) in [6.07, 6.45) is 6.59. The van der Waals surface area contributed by atoms with Crippen molar-refractivity contribution in [2.24, 2.45) is 5.92 Å². The minimum Gasteiger partial charge on any atom is -0.355 e. The van der Waals surface area contributed by atoms with E-state index in [-0.39, 0.29) is 17.7 Å². The fraction of sp³-hybridized carbons (Fsp3) is 0.333. The van der Waals surface area contributed by atoms with E-state index in [1.165, 1.54) is 5.56 Å². The highest BCUT2D eigenvalue weighted by Crippen LogP contribution is 2.20. The number of carbonyl (C=O) groups excluding carboxylic acids is 2. The largest absolute Gasteiger partial charge is 0.355 e. The Morgan fingerprint density at radius 3 is 2.86 bits per heavy atom. The molecule has 144 valence electrons. The number of hydrogen-bond acceptors (Lipinski definition) is 4. The molecule has 7 nitrogen and oxygen atoms in total. The molecule has 1 atom stereocenters. The van der Waals surface area contributed by atoms with E-state index in [1.807, 2.05) is 43.5 Å². The second-order valence-electron chi connectivity index (χ2n) is 7.22. The lowest BCUT2D eigenvalue weighted by Gasteiger charge is -2.16. The lowest BCUT2D eigenvalue weighted by molar-refractivity contribution is -0.124. The van der Waals surface area contributed by atoms with Crippen LogP contribution in [0.4, 0.5) is 0 Å². The van der Waals surface area contributed by atoms with E-state index >= 15 is 0 Å². The molecule has 0 bridgehead atoms. The molecule has 1 N–H and O–H groups in total. The number of hydrogen-bond donors (Lipinski definition) is 1. The summed E-state index contributed by atoms with van der Waals surface area (Å²) >= 11 is 0. The quantitative estimate of drug-likeness (QED) is 0.736. The van der Waals surface area contributed by atoms with E-state index < -0.39 is 0 Å². The molecule has 3 heterocycles. The van der Waals surface area contributed by atoms with E-state index in [0.29, 0.717) is 37.3 Å². The molecule has 28 heavy (non-hydrogen) atoms. The van der Waals surface area contributed by atoms with Crippen molar-refractivity contribution >= 4 is 17.5 Å². The van der Waals surface area contributed by atoms with Crippen LogP contribution in [0.1, 0.15) is 27.9 Å². The van der Waals surface area contributed by atoms with Gasteiger partial charge in [0.1, 0.15) is 5.56 Å². The first-order valence-electron chi connectivity index (χ1n) is 9.53. The highest BCUT2D eigenvalue weighted by molar-refractivity contribution is 6.00. The third-order valence-corrected chi connectivity index (χ3v) is 5.12. The predicted molar refractivity (Wildman–Crippen MR) is 105 cm³/mol. The summed E-state index contributed by atoms with van der Waals surface area (Å²) < 4.78 is 1.62. The van der Waals surface area contributed by atoms with Gasteiger partial charge < -0.3 is 10.2 Å². The van der Waals surface area contributed by atoms with Gasteiger partial charge in [0.05, 0.1) is 12.1 Å². The zero-order chi connectivity index (χ0) is 19.5. The Hall–Kier alpha value is -3.22. The number of aromatic nitrogens is 3. The average molecular weight is 377 g/mol. The van der Waals surface area contributed by atoms with Crippen molar-refractivity contribution in [1.82, 2.24) is 24.8 Å². The molecular formula is C21H23N5O2. The summed E-state index contributed by atoms with van der Waals surface area (Å²) in [6, 6.07) is 10.1. The number of likely N-dealkylation sites (tertiary alicyclic amines) is 1. The molecule has 1 saturated heterocycles. The van der Waals surface area contributed by atoms with Crippen LogP contribution in [-0.4, -0.2) is 50.9 Å². The van der Waals surface area contributed by atoms with Gasteiger partial charge in [-0.25, -0.2) is 9.50 Å². The average Bonchev–Trinajstić information content (AvgIpc) is 3.35. The van der Waals surface area contributed by atoms with Gasteiger partial charge in [0.2, 0.25) is 5.91 Å². The number of aryl methyl sites for hydroxylation is 1. The zero-order valence-corrected chi connectivity index (χ0v) is 15.8. The van der Waals surface area contributed by atoms with Gasteiger partial charge in [-0.05, 0) is 30.9 Å². The van der Waals surface area contributed by atoms with Crippen molar-refractivity contribution in [2.45, 2.75) is 19.8 Å². The van der Waals surface area contributed by atoms with Gasteiger partial charge in [0.25, 0.3) is 5.91 Å². The molecule has 0 unspecified atom stereocenters. The number of nitrogens with one attached hydrogen (secondary N) is 1. The second kappa shape index (κ2) is 7.80. The maximum absolute atomic E-state index is 12.9. The van der Waals surface area contributed by atoms with Crippen LogP contribution in [0.15, 0.2) is 48.9 Å². The summed E-state index contributed by atoms with van der Waals surface area (Å²) in [5.74, 6) is -0.275. The van der Waals surface area contributed by atoms with Crippen LogP contribution >= 0.6 is 0 Å². The molecule has 4 rings (SSSR count). The van der Waals surface area contributed by atoms with Crippen LogP contribution in [0.3, 0.4) is 0 Å². The lowest BCUT2D eigenvalue weighted by Crippen LogP contribution is -2.35.